The van der Waals surface area contributed by atoms with Crippen molar-refractivity contribution in [2.45, 2.75) is 18.5 Å². The molecule has 0 aliphatic heterocycles. The predicted molar refractivity (Wildman–Crippen MR) is 95.1 cm³/mol. The first-order valence-electron chi connectivity index (χ1n) is 8.75. The molecule has 1 N–H and O–H groups in total. The van der Waals surface area contributed by atoms with Gasteiger partial charge in [-0.1, -0.05) is 0 Å². The molecule has 0 aliphatic rings. The lowest BCUT2D eigenvalue weighted by atomic mass is 10.1. The summed E-state index contributed by atoms with van der Waals surface area (Å²) in [5.41, 5.74) is -7.43. The number of benzene rings is 1. The van der Waals surface area contributed by atoms with Gasteiger partial charge in [0.1, 0.15) is 0 Å². The second kappa shape index (κ2) is 8.49. The van der Waals surface area contributed by atoms with Gasteiger partial charge in [0.05, 0.1) is 30.0 Å². The Morgan fingerprint density at radius 2 is 1.47 bits per heavy atom. The molecular formula is C18H10F9N5O2. The van der Waals surface area contributed by atoms with Gasteiger partial charge in [-0.25, -0.2) is 4.68 Å². The number of methoxy groups -OCH3 is 1. The summed E-state index contributed by atoms with van der Waals surface area (Å²) in [7, 11) is 1.22. The van der Waals surface area contributed by atoms with Crippen LogP contribution >= 0.6 is 0 Å². The van der Waals surface area contributed by atoms with E-state index in [1.165, 1.54) is 7.11 Å². The number of hydrogen-bond acceptors (Lipinski definition) is 5. The highest BCUT2D eigenvalue weighted by atomic mass is 19.4. The van der Waals surface area contributed by atoms with E-state index in [4.69, 9.17) is 4.74 Å². The summed E-state index contributed by atoms with van der Waals surface area (Å²) < 4.78 is 124. The van der Waals surface area contributed by atoms with Crippen molar-refractivity contribution in [3.8, 4) is 11.7 Å². The minimum absolute atomic E-state index is 0.0487. The average Bonchev–Trinajstić information content (AvgIpc) is 3.18. The Morgan fingerprint density at radius 1 is 0.882 bits per heavy atom. The van der Waals surface area contributed by atoms with Crippen molar-refractivity contribution in [1.82, 2.24) is 20.0 Å². The molecule has 0 spiro atoms. The molecule has 2 heterocycles. The maximum Gasteiger partial charge on any atom is 0.434 e. The van der Waals surface area contributed by atoms with E-state index in [9.17, 15) is 44.3 Å². The predicted octanol–water partition coefficient (Wildman–Crippen LogP) is 4.98. The SMILES string of the molecule is COc1ccc(-n2ncc(C(=O)Nc3cc(C(F)(F)F)cc(C(F)(F)F)c3)c2C(F)(F)F)nn1. The number of hydrogen-bond donors (Lipinski definition) is 1. The third-order valence-electron chi connectivity index (χ3n) is 4.18. The smallest absolute Gasteiger partial charge is 0.434 e. The number of nitrogens with one attached hydrogen (secondary N) is 1. The first-order chi connectivity index (χ1) is 15.6. The zero-order valence-corrected chi connectivity index (χ0v) is 16.5. The molecule has 0 fully saturated rings. The van der Waals surface area contributed by atoms with E-state index in [1.807, 2.05) is 0 Å². The van der Waals surface area contributed by atoms with Gasteiger partial charge in [-0.15, -0.1) is 10.2 Å². The van der Waals surface area contributed by atoms with Gasteiger partial charge in [-0.3, -0.25) is 4.79 Å². The molecule has 0 bridgehead atoms. The maximum atomic E-state index is 13.7. The Bertz CT molecular complexity index is 1170. The van der Waals surface area contributed by atoms with Crippen LogP contribution < -0.4 is 10.1 Å². The molecular weight excluding hydrogens is 489 g/mol. The fourth-order valence-electron chi connectivity index (χ4n) is 2.72. The molecule has 3 aromatic rings. The lowest BCUT2D eigenvalue weighted by molar-refractivity contribution is -0.144. The number of carbonyl (C=O) groups excluding carboxylic acids is 1. The standard InChI is InChI=1S/C18H10F9N5O2/c1-34-13-3-2-12(30-31-13)32-14(18(25,26)27)11(7-28-32)15(33)29-10-5-8(16(19,20)21)4-9(6-10)17(22,23)24/h2-7H,1H3,(H,29,33). The summed E-state index contributed by atoms with van der Waals surface area (Å²) >= 11 is 0. The van der Waals surface area contributed by atoms with Gasteiger partial charge in [0.25, 0.3) is 5.91 Å². The number of amides is 1. The van der Waals surface area contributed by atoms with Crippen molar-refractivity contribution >= 4 is 11.6 Å². The second-order valence-electron chi connectivity index (χ2n) is 6.50. The number of rotatable bonds is 4. The lowest BCUT2D eigenvalue weighted by Crippen LogP contribution is -2.21. The van der Waals surface area contributed by atoms with Gasteiger partial charge in [-0.2, -0.15) is 44.6 Å². The third-order valence-corrected chi connectivity index (χ3v) is 4.18. The maximum absolute atomic E-state index is 13.7. The Hall–Kier alpha value is -3.85. The Labute approximate surface area is 183 Å². The van der Waals surface area contributed by atoms with Crippen LogP contribution in [-0.2, 0) is 18.5 Å². The first-order valence-corrected chi connectivity index (χ1v) is 8.75. The minimum atomic E-state index is -5.23. The molecule has 0 atom stereocenters. The topological polar surface area (TPSA) is 81.9 Å². The van der Waals surface area contributed by atoms with Crippen molar-refractivity contribution in [2.24, 2.45) is 0 Å². The zero-order valence-electron chi connectivity index (χ0n) is 16.5. The van der Waals surface area contributed by atoms with E-state index in [1.54, 1.807) is 5.32 Å². The molecule has 0 radical (unpaired) electrons. The number of ether oxygens (including phenoxy) is 1. The molecule has 2 aromatic heterocycles. The Balaban J connectivity index is 2.05. The van der Waals surface area contributed by atoms with Crippen molar-refractivity contribution in [2.75, 3.05) is 12.4 Å². The third kappa shape index (κ3) is 5.20. The number of halogens is 9. The fourth-order valence-corrected chi connectivity index (χ4v) is 2.72. The van der Waals surface area contributed by atoms with E-state index < -0.39 is 58.3 Å². The van der Waals surface area contributed by atoms with E-state index >= 15 is 0 Å². The van der Waals surface area contributed by atoms with E-state index in [2.05, 4.69) is 15.3 Å². The van der Waals surface area contributed by atoms with Crippen LogP contribution in [0.1, 0.15) is 27.2 Å². The van der Waals surface area contributed by atoms with Crippen LogP contribution in [0.15, 0.2) is 36.5 Å². The minimum Gasteiger partial charge on any atom is -0.480 e. The van der Waals surface area contributed by atoms with Gasteiger partial charge in [0.2, 0.25) is 5.88 Å². The van der Waals surface area contributed by atoms with Crippen LogP contribution in [0.25, 0.3) is 5.82 Å². The van der Waals surface area contributed by atoms with Crippen LogP contribution in [0.4, 0.5) is 45.2 Å². The molecule has 16 heteroatoms. The van der Waals surface area contributed by atoms with Gasteiger partial charge in [0.15, 0.2) is 11.5 Å². The van der Waals surface area contributed by atoms with Crippen molar-refractivity contribution < 1.29 is 49.0 Å². The van der Waals surface area contributed by atoms with Gasteiger partial charge < -0.3 is 10.1 Å². The largest absolute Gasteiger partial charge is 0.480 e. The summed E-state index contributed by atoms with van der Waals surface area (Å²) in [5, 5.41) is 12.0. The molecule has 0 saturated heterocycles. The summed E-state index contributed by atoms with van der Waals surface area (Å²) in [6.45, 7) is 0. The molecule has 1 amide bonds. The molecule has 7 nitrogen and oxygen atoms in total. The first kappa shape index (κ1) is 24.8. The molecule has 0 aliphatic carbocycles. The molecule has 3 rings (SSSR count). The number of carbonyl (C=O) groups is 1. The van der Waals surface area contributed by atoms with E-state index in [-0.39, 0.29) is 28.8 Å². The Kier molecular flexibility index (Phi) is 6.19. The molecule has 1 aromatic carbocycles. The van der Waals surface area contributed by atoms with Gasteiger partial charge in [-0.05, 0) is 24.3 Å². The zero-order chi connectivity index (χ0) is 25.5. The van der Waals surface area contributed by atoms with Crippen molar-refractivity contribution in [3.05, 3.63) is 58.9 Å². The summed E-state index contributed by atoms with van der Waals surface area (Å²) in [5.74, 6) is -2.20. The highest BCUT2D eigenvalue weighted by molar-refractivity contribution is 6.05. The van der Waals surface area contributed by atoms with Crippen molar-refractivity contribution in [3.63, 3.8) is 0 Å². The van der Waals surface area contributed by atoms with Crippen LogP contribution in [0.5, 0.6) is 5.88 Å². The summed E-state index contributed by atoms with van der Waals surface area (Å²) in [6.07, 6.45) is -15.2. The number of nitrogens with zero attached hydrogens (tertiary/aromatic N) is 4. The van der Waals surface area contributed by atoms with Gasteiger partial charge in [0, 0.05) is 11.8 Å². The lowest BCUT2D eigenvalue weighted by Gasteiger charge is -2.15. The van der Waals surface area contributed by atoms with Crippen LogP contribution in [0, 0.1) is 0 Å². The fraction of sp³-hybridized carbons (Fsp3) is 0.222. The molecule has 34 heavy (non-hydrogen) atoms. The monoisotopic (exact) mass is 499 g/mol. The van der Waals surface area contributed by atoms with Crippen molar-refractivity contribution in [1.29, 1.82) is 0 Å². The average molecular weight is 499 g/mol. The summed E-state index contributed by atoms with van der Waals surface area (Å²) in [4.78, 5) is 12.5. The second-order valence-corrected chi connectivity index (χ2v) is 6.50. The van der Waals surface area contributed by atoms with Crippen LogP contribution in [0.3, 0.4) is 0 Å². The Morgan fingerprint density at radius 3 is 1.91 bits per heavy atom. The van der Waals surface area contributed by atoms with Crippen LogP contribution in [0.2, 0.25) is 0 Å². The normalized spacial score (nSPS) is 12.5. The molecule has 0 unspecified atom stereocenters. The number of alkyl halides is 9. The molecule has 0 saturated carbocycles. The van der Waals surface area contributed by atoms with E-state index in [0.29, 0.717) is 6.20 Å². The highest BCUT2D eigenvalue weighted by Crippen LogP contribution is 2.38. The molecule has 182 valence electrons. The number of anilines is 1. The van der Waals surface area contributed by atoms with Crippen LogP contribution in [-0.4, -0.2) is 33.0 Å². The summed E-state index contributed by atoms with van der Waals surface area (Å²) in [6, 6.07) is 2.28. The highest BCUT2D eigenvalue weighted by Gasteiger charge is 2.41. The van der Waals surface area contributed by atoms with Gasteiger partial charge >= 0.3 is 18.5 Å². The van der Waals surface area contributed by atoms with E-state index in [0.717, 1.165) is 12.1 Å². The quantitative estimate of drug-likeness (QED) is 0.513. The number of aromatic nitrogens is 4.